The van der Waals surface area contributed by atoms with Gasteiger partial charge in [-0.3, -0.25) is 15.0 Å². The molecule has 0 spiro atoms. The minimum absolute atomic E-state index is 0.000601. The topological polar surface area (TPSA) is 67.9 Å². The number of hydrogen-bond donors (Lipinski definition) is 2. The summed E-state index contributed by atoms with van der Waals surface area (Å²) in [7, 11) is 0. The van der Waals surface area contributed by atoms with E-state index in [0.29, 0.717) is 6.04 Å². The van der Waals surface area contributed by atoms with Gasteiger partial charge >= 0.3 is 0 Å². The first-order valence-corrected chi connectivity index (χ1v) is 11.9. The predicted molar refractivity (Wildman–Crippen MR) is 113 cm³/mol. The first kappa shape index (κ1) is 21.1. The lowest BCUT2D eigenvalue weighted by molar-refractivity contribution is -0.155. The van der Waals surface area contributed by atoms with Gasteiger partial charge < -0.3 is 15.1 Å². The van der Waals surface area contributed by atoms with Crippen molar-refractivity contribution in [1.82, 2.24) is 25.6 Å². The van der Waals surface area contributed by atoms with Gasteiger partial charge in [-0.2, -0.15) is 0 Å². The van der Waals surface area contributed by atoms with Crippen LogP contribution in [0, 0.1) is 11.8 Å². The molecule has 0 aromatic carbocycles. The maximum atomic E-state index is 12.9. The molecule has 4 rings (SSSR count). The first-order chi connectivity index (χ1) is 14.1. The number of carbonyl (C=O) groups excluding carboxylic acids is 2. The normalized spacial score (nSPS) is 34.1. The van der Waals surface area contributed by atoms with E-state index in [1.165, 1.54) is 25.9 Å². The second-order valence-electron chi connectivity index (χ2n) is 9.56. The number of carbonyl (C=O) groups is 2. The Hall–Kier alpha value is -1.18. The van der Waals surface area contributed by atoms with E-state index in [9.17, 15) is 9.59 Å². The number of nitrogens with one attached hydrogen (secondary N) is 2. The van der Waals surface area contributed by atoms with Gasteiger partial charge in [0.05, 0.1) is 0 Å². The molecular weight excluding hydrogens is 366 g/mol. The summed E-state index contributed by atoms with van der Waals surface area (Å²) in [6.45, 7) is 10.3. The first-order valence-electron chi connectivity index (χ1n) is 11.9. The van der Waals surface area contributed by atoms with Crippen LogP contribution in [0.1, 0.15) is 58.8 Å². The summed E-state index contributed by atoms with van der Waals surface area (Å²) >= 11 is 0. The second-order valence-corrected chi connectivity index (χ2v) is 9.56. The Morgan fingerprint density at radius 2 is 1.93 bits per heavy atom. The van der Waals surface area contributed by atoms with Crippen LogP contribution in [0.15, 0.2) is 0 Å². The maximum absolute atomic E-state index is 12.9. The molecule has 1 aliphatic carbocycles. The van der Waals surface area contributed by atoms with Gasteiger partial charge in [0, 0.05) is 37.6 Å². The second kappa shape index (κ2) is 9.31. The minimum atomic E-state index is -0.000601. The Kier molecular flexibility index (Phi) is 6.76. The van der Waals surface area contributed by atoms with Gasteiger partial charge in [-0.15, -0.1) is 0 Å². The summed E-state index contributed by atoms with van der Waals surface area (Å²) in [5, 5.41) is 5.40. The molecule has 0 aromatic rings. The van der Waals surface area contributed by atoms with Crippen molar-refractivity contribution >= 4 is 11.8 Å². The van der Waals surface area contributed by atoms with Gasteiger partial charge in [0.1, 0.15) is 6.04 Å². The third-order valence-electron chi connectivity index (χ3n) is 7.69. The van der Waals surface area contributed by atoms with Crippen LogP contribution >= 0.6 is 0 Å². The highest BCUT2D eigenvalue weighted by Gasteiger charge is 2.50. The van der Waals surface area contributed by atoms with Gasteiger partial charge in [0.25, 0.3) is 0 Å². The number of likely N-dealkylation sites (tertiary alicyclic amines) is 1. The molecule has 7 nitrogen and oxygen atoms in total. The van der Waals surface area contributed by atoms with Crippen molar-refractivity contribution in [3.05, 3.63) is 0 Å². The molecule has 3 saturated heterocycles. The molecule has 2 N–H and O–H groups in total. The third kappa shape index (κ3) is 4.47. The standard InChI is InChI=1S/C22H39N5O2/c1-3-26-20-15-17(5-6-18(20)27-19(22(26)29)7-11-24-27)21(28)23-10-4-12-25-13-8-16(2)9-14-25/h16-20,24H,3-15H2,1-2H3,(H,23,28). The van der Waals surface area contributed by atoms with E-state index in [-0.39, 0.29) is 29.8 Å². The van der Waals surface area contributed by atoms with E-state index in [4.69, 9.17) is 0 Å². The minimum Gasteiger partial charge on any atom is -0.356 e. The zero-order valence-corrected chi connectivity index (χ0v) is 18.2. The average Bonchev–Trinajstić information content (AvgIpc) is 3.23. The molecule has 1 saturated carbocycles. The van der Waals surface area contributed by atoms with E-state index in [1.807, 2.05) is 0 Å². The molecule has 0 radical (unpaired) electrons. The van der Waals surface area contributed by atoms with Crippen molar-refractivity contribution < 1.29 is 9.59 Å². The number of amides is 2. The molecule has 4 atom stereocenters. The van der Waals surface area contributed by atoms with E-state index in [0.717, 1.165) is 64.2 Å². The van der Waals surface area contributed by atoms with Crippen molar-refractivity contribution in [2.75, 3.05) is 39.3 Å². The highest BCUT2D eigenvalue weighted by atomic mass is 16.2. The molecule has 0 bridgehead atoms. The van der Waals surface area contributed by atoms with Crippen LogP contribution in [0.4, 0.5) is 0 Å². The maximum Gasteiger partial charge on any atom is 0.241 e. The van der Waals surface area contributed by atoms with Crippen LogP contribution in [0.5, 0.6) is 0 Å². The summed E-state index contributed by atoms with van der Waals surface area (Å²) in [6, 6.07) is 0.513. The lowest BCUT2D eigenvalue weighted by Gasteiger charge is -2.51. The highest BCUT2D eigenvalue weighted by molar-refractivity contribution is 5.84. The fourth-order valence-electron chi connectivity index (χ4n) is 5.89. The van der Waals surface area contributed by atoms with Gasteiger partial charge in [-0.1, -0.05) is 6.92 Å². The molecule has 0 aromatic heterocycles. The highest BCUT2D eigenvalue weighted by Crippen LogP contribution is 2.37. The summed E-state index contributed by atoms with van der Waals surface area (Å²) in [4.78, 5) is 30.3. The Morgan fingerprint density at radius 1 is 1.14 bits per heavy atom. The van der Waals surface area contributed by atoms with Crippen molar-refractivity contribution in [2.45, 2.75) is 76.9 Å². The number of likely N-dealkylation sites (N-methyl/N-ethyl adjacent to an activating group) is 1. The summed E-state index contributed by atoms with van der Waals surface area (Å²) < 4.78 is 0. The molecule has 4 fully saturated rings. The van der Waals surface area contributed by atoms with Crippen LogP contribution in [0.25, 0.3) is 0 Å². The molecule has 4 unspecified atom stereocenters. The summed E-state index contributed by atoms with van der Waals surface area (Å²) in [5.41, 5.74) is 3.43. The lowest BCUT2D eigenvalue weighted by atomic mass is 9.78. The van der Waals surface area contributed by atoms with Crippen LogP contribution in [-0.2, 0) is 9.59 Å². The molecule has 3 aliphatic heterocycles. The van der Waals surface area contributed by atoms with Crippen LogP contribution in [-0.4, -0.2) is 84.0 Å². The average molecular weight is 406 g/mol. The molecule has 2 amide bonds. The van der Waals surface area contributed by atoms with Gasteiger partial charge in [-0.25, -0.2) is 5.01 Å². The van der Waals surface area contributed by atoms with E-state index < -0.39 is 0 Å². The van der Waals surface area contributed by atoms with Crippen molar-refractivity contribution in [2.24, 2.45) is 11.8 Å². The zero-order chi connectivity index (χ0) is 20.4. The molecule has 29 heavy (non-hydrogen) atoms. The largest absolute Gasteiger partial charge is 0.356 e. The summed E-state index contributed by atoms with van der Waals surface area (Å²) in [5.74, 6) is 1.33. The molecule has 164 valence electrons. The zero-order valence-electron chi connectivity index (χ0n) is 18.2. The van der Waals surface area contributed by atoms with Gasteiger partial charge in [0.15, 0.2) is 0 Å². The van der Waals surface area contributed by atoms with E-state index in [2.05, 4.69) is 39.4 Å². The number of hydrogen-bond acceptors (Lipinski definition) is 5. The molecule has 3 heterocycles. The van der Waals surface area contributed by atoms with Gasteiger partial charge in [0.2, 0.25) is 11.8 Å². The number of piperidine rings is 1. The van der Waals surface area contributed by atoms with Gasteiger partial charge in [-0.05, 0) is 77.4 Å². The fraction of sp³-hybridized carbons (Fsp3) is 0.909. The molecule has 4 aliphatic rings. The number of fused-ring (bicyclic) bond motifs is 3. The van der Waals surface area contributed by atoms with E-state index >= 15 is 0 Å². The summed E-state index contributed by atoms with van der Waals surface area (Å²) in [6.07, 6.45) is 7.24. The SMILES string of the molecule is CCN1C(=O)C2CCNN2C2CCC(C(=O)NCCCN3CCC(C)CC3)CC21. The third-order valence-corrected chi connectivity index (χ3v) is 7.69. The quantitative estimate of drug-likeness (QED) is 0.650. The fourth-order valence-corrected chi connectivity index (χ4v) is 5.89. The lowest BCUT2D eigenvalue weighted by Crippen LogP contribution is -2.68. The predicted octanol–water partition coefficient (Wildman–Crippen LogP) is 1.20. The molecule has 7 heteroatoms. The Bertz CT molecular complexity index is 592. The van der Waals surface area contributed by atoms with Crippen LogP contribution in [0.3, 0.4) is 0 Å². The van der Waals surface area contributed by atoms with Crippen LogP contribution < -0.4 is 10.7 Å². The Labute approximate surface area is 175 Å². The van der Waals surface area contributed by atoms with Crippen molar-refractivity contribution in [1.29, 1.82) is 0 Å². The number of nitrogens with zero attached hydrogens (tertiary/aromatic N) is 3. The monoisotopic (exact) mass is 405 g/mol. The number of rotatable bonds is 6. The van der Waals surface area contributed by atoms with Crippen LogP contribution in [0.2, 0.25) is 0 Å². The Morgan fingerprint density at radius 3 is 2.69 bits per heavy atom. The van der Waals surface area contributed by atoms with Crippen molar-refractivity contribution in [3.8, 4) is 0 Å². The smallest absolute Gasteiger partial charge is 0.241 e. The molecular formula is C22H39N5O2. The van der Waals surface area contributed by atoms with E-state index in [1.54, 1.807) is 0 Å². The Balaban J connectivity index is 1.25. The number of hydrazine groups is 1. The number of piperazine rings is 1. The van der Waals surface area contributed by atoms with Crippen molar-refractivity contribution in [3.63, 3.8) is 0 Å².